The lowest BCUT2D eigenvalue weighted by Crippen LogP contribution is -2.35. The molecule has 0 amide bonds. The predicted octanol–water partition coefficient (Wildman–Crippen LogP) is 3.06. The average molecular weight is 273 g/mol. The highest BCUT2D eigenvalue weighted by atomic mass is 19.2. The number of aromatic nitrogens is 2. The Morgan fingerprint density at radius 2 is 1.75 bits per heavy atom. The minimum Gasteiger partial charge on any atom is -0.340 e. The third kappa shape index (κ3) is 1.96. The highest BCUT2D eigenvalue weighted by Gasteiger charge is 2.27. The minimum atomic E-state index is -0.922. The summed E-state index contributed by atoms with van der Waals surface area (Å²) < 4.78 is 26.4. The lowest BCUT2D eigenvalue weighted by atomic mass is 9.92. The van der Waals surface area contributed by atoms with Crippen LogP contribution in [0, 0.1) is 11.6 Å². The fourth-order valence-corrected chi connectivity index (χ4v) is 2.17. The van der Waals surface area contributed by atoms with Crippen LogP contribution in [0.15, 0.2) is 42.5 Å². The Morgan fingerprint density at radius 3 is 2.45 bits per heavy atom. The zero-order valence-electron chi connectivity index (χ0n) is 10.8. The normalized spacial score (nSPS) is 14.4. The molecule has 3 N–H and O–H groups in total. The van der Waals surface area contributed by atoms with Gasteiger partial charge in [-0.3, -0.25) is 0 Å². The van der Waals surface area contributed by atoms with Gasteiger partial charge >= 0.3 is 0 Å². The summed E-state index contributed by atoms with van der Waals surface area (Å²) in [6.45, 7) is 1.80. The number of nitrogens with one attached hydrogen (secondary N) is 1. The fraction of sp³-hybridized carbons (Fsp3) is 0.133. The molecule has 3 aromatic rings. The van der Waals surface area contributed by atoms with Gasteiger partial charge in [0.15, 0.2) is 11.6 Å². The summed E-state index contributed by atoms with van der Waals surface area (Å²) in [5, 5.41) is 0. The number of fused-ring (bicyclic) bond motifs is 1. The lowest BCUT2D eigenvalue weighted by Gasteiger charge is -2.22. The highest BCUT2D eigenvalue weighted by molar-refractivity contribution is 5.75. The van der Waals surface area contributed by atoms with E-state index in [1.54, 1.807) is 6.92 Å². The van der Waals surface area contributed by atoms with E-state index >= 15 is 0 Å². The topological polar surface area (TPSA) is 54.7 Å². The first-order valence-corrected chi connectivity index (χ1v) is 6.18. The Balaban J connectivity index is 2.15. The van der Waals surface area contributed by atoms with Crippen LogP contribution in [-0.4, -0.2) is 9.97 Å². The lowest BCUT2D eigenvalue weighted by molar-refractivity contribution is 0.510. The molecule has 1 atom stereocenters. The number of nitrogens with two attached hydrogens (primary N) is 1. The van der Waals surface area contributed by atoms with Gasteiger partial charge in [0.2, 0.25) is 0 Å². The van der Waals surface area contributed by atoms with Crippen LogP contribution in [0.1, 0.15) is 18.3 Å². The van der Waals surface area contributed by atoms with Crippen LogP contribution in [-0.2, 0) is 5.54 Å². The van der Waals surface area contributed by atoms with E-state index < -0.39 is 17.2 Å². The van der Waals surface area contributed by atoms with Gasteiger partial charge in [0, 0.05) is 12.1 Å². The quantitative estimate of drug-likeness (QED) is 0.754. The molecule has 20 heavy (non-hydrogen) atoms. The molecule has 0 bridgehead atoms. The average Bonchev–Trinajstić information content (AvgIpc) is 2.84. The van der Waals surface area contributed by atoms with E-state index in [1.165, 1.54) is 0 Å². The molecule has 0 aliphatic carbocycles. The van der Waals surface area contributed by atoms with Gasteiger partial charge in [-0.15, -0.1) is 0 Å². The van der Waals surface area contributed by atoms with Crippen molar-refractivity contribution in [2.75, 3.05) is 0 Å². The largest absolute Gasteiger partial charge is 0.340 e. The summed E-state index contributed by atoms with van der Waals surface area (Å²) >= 11 is 0. The fourth-order valence-electron chi connectivity index (χ4n) is 2.17. The van der Waals surface area contributed by atoms with Gasteiger partial charge in [-0.1, -0.05) is 30.3 Å². The monoisotopic (exact) mass is 273 g/mol. The molecule has 0 saturated heterocycles. The summed E-state index contributed by atoms with van der Waals surface area (Å²) in [6, 6.07) is 11.6. The number of aromatic amines is 1. The van der Waals surface area contributed by atoms with Gasteiger partial charge in [0.05, 0.1) is 16.6 Å². The van der Waals surface area contributed by atoms with Gasteiger partial charge in [-0.2, -0.15) is 0 Å². The summed E-state index contributed by atoms with van der Waals surface area (Å²) in [7, 11) is 0. The summed E-state index contributed by atoms with van der Waals surface area (Å²) in [5.74, 6) is -1.37. The van der Waals surface area contributed by atoms with Crippen LogP contribution in [0.25, 0.3) is 11.0 Å². The second-order valence-electron chi connectivity index (χ2n) is 4.94. The second kappa shape index (κ2) is 4.38. The van der Waals surface area contributed by atoms with E-state index in [0.29, 0.717) is 16.9 Å². The van der Waals surface area contributed by atoms with Crippen molar-refractivity contribution < 1.29 is 8.78 Å². The first-order valence-electron chi connectivity index (χ1n) is 6.18. The van der Waals surface area contributed by atoms with E-state index in [1.807, 2.05) is 30.3 Å². The van der Waals surface area contributed by atoms with Crippen molar-refractivity contribution in [1.29, 1.82) is 0 Å². The second-order valence-corrected chi connectivity index (χ2v) is 4.94. The van der Waals surface area contributed by atoms with Crippen molar-refractivity contribution in [2.24, 2.45) is 5.73 Å². The van der Waals surface area contributed by atoms with E-state index in [-0.39, 0.29) is 0 Å². The van der Waals surface area contributed by atoms with Crippen LogP contribution in [0.3, 0.4) is 0 Å². The maximum atomic E-state index is 13.2. The number of nitrogens with zero attached hydrogens (tertiary/aromatic N) is 1. The van der Waals surface area contributed by atoms with Gasteiger partial charge in [-0.05, 0) is 12.5 Å². The third-order valence-electron chi connectivity index (χ3n) is 3.39. The molecular formula is C15H13F2N3. The van der Waals surface area contributed by atoms with Crippen LogP contribution in [0.5, 0.6) is 0 Å². The standard InChI is InChI=1S/C15H13F2N3/c1-15(18,9-5-3-2-4-6-9)14-19-12-7-10(16)11(17)8-13(12)20-14/h2-8H,18H2,1H3,(H,19,20). The Labute approximate surface area is 114 Å². The molecule has 0 aliphatic heterocycles. The maximum Gasteiger partial charge on any atom is 0.161 e. The SMILES string of the molecule is CC(N)(c1ccccc1)c1nc2cc(F)c(F)cc2[nH]1. The molecule has 0 radical (unpaired) electrons. The predicted molar refractivity (Wildman–Crippen MR) is 73.1 cm³/mol. The van der Waals surface area contributed by atoms with E-state index in [0.717, 1.165) is 17.7 Å². The molecule has 102 valence electrons. The zero-order chi connectivity index (χ0) is 14.3. The van der Waals surface area contributed by atoms with Gasteiger partial charge in [-0.25, -0.2) is 13.8 Å². The molecule has 1 heterocycles. The molecule has 0 saturated carbocycles. The van der Waals surface area contributed by atoms with Gasteiger partial charge < -0.3 is 10.7 Å². The molecule has 0 fully saturated rings. The molecule has 3 rings (SSSR count). The van der Waals surface area contributed by atoms with Gasteiger partial charge in [0.25, 0.3) is 0 Å². The molecule has 1 aromatic heterocycles. The van der Waals surface area contributed by atoms with Crippen molar-refractivity contribution in [3.05, 3.63) is 65.5 Å². The molecule has 1 unspecified atom stereocenters. The minimum absolute atomic E-state index is 0.353. The van der Waals surface area contributed by atoms with Crippen LogP contribution in [0.2, 0.25) is 0 Å². The van der Waals surface area contributed by atoms with Gasteiger partial charge in [0.1, 0.15) is 5.82 Å². The van der Waals surface area contributed by atoms with Crippen molar-refractivity contribution in [1.82, 2.24) is 9.97 Å². The molecule has 3 nitrogen and oxygen atoms in total. The Kier molecular flexibility index (Phi) is 2.79. The number of imidazole rings is 1. The Hall–Kier alpha value is -2.27. The number of hydrogen-bond acceptors (Lipinski definition) is 2. The van der Waals surface area contributed by atoms with E-state index in [9.17, 15) is 8.78 Å². The first kappa shape index (κ1) is 12.7. The summed E-state index contributed by atoms with van der Waals surface area (Å²) in [6.07, 6.45) is 0. The summed E-state index contributed by atoms with van der Waals surface area (Å²) in [4.78, 5) is 7.24. The molecular weight excluding hydrogens is 260 g/mol. The van der Waals surface area contributed by atoms with Crippen molar-refractivity contribution in [2.45, 2.75) is 12.5 Å². The van der Waals surface area contributed by atoms with E-state index in [2.05, 4.69) is 9.97 Å². The van der Waals surface area contributed by atoms with Crippen molar-refractivity contribution in [3.8, 4) is 0 Å². The maximum absolute atomic E-state index is 13.2. The molecule has 0 spiro atoms. The number of hydrogen-bond donors (Lipinski definition) is 2. The van der Waals surface area contributed by atoms with Crippen LogP contribution >= 0.6 is 0 Å². The smallest absolute Gasteiger partial charge is 0.161 e. The van der Waals surface area contributed by atoms with Crippen LogP contribution in [0.4, 0.5) is 8.78 Å². The Morgan fingerprint density at radius 1 is 1.10 bits per heavy atom. The number of rotatable bonds is 2. The van der Waals surface area contributed by atoms with Crippen molar-refractivity contribution >= 4 is 11.0 Å². The number of halogens is 2. The highest BCUT2D eigenvalue weighted by Crippen LogP contribution is 2.26. The van der Waals surface area contributed by atoms with E-state index in [4.69, 9.17) is 5.73 Å². The third-order valence-corrected chi connectivity index (χ3v) is 3.39. The zero-order valence-corrected chi connectivity index (χ0v) is 10.8. The molecule has 5 heteroatoms. The van der Waals surface area contributed by atoms with Crippen LogP contribution < -0.4 is 5.73 Å². The summed E-state index contributed by atoms with van der Waals surface area (Å²) in [5.41, 5.74) is 7.09. The molecule has 0 aliphatic rings. The van der Waals surface area contributed by atoms with Crippen molar-refractivity contribution in [3.63, 3.8) is 0 Å². The molecule has 2 aromatic carbocycles. The first-order chi connectivity index (χ1) is 9.48. The Bertz CT molecular complexity index is 724. The number of H-pyrrole nitrogens is 1. The number of benzene rings is 2.